The average molecular weight is 271 g/mol. The lowest BCUT2D eigenvalue weighted by molar-refractivity contribution is -0.116. The summed E-state index contributed by atoms with van der Waals surface area (Å²) in [6.07, 6.45) is 2.22. The van der Waals surface area contributed by atoms with Crippen LogP contribution in [0.4, 0.5) is 5.82 Å². The van der Waals surface area contributed by atoms with Gasteiger partial charge in [0.15, 0.2) is 0 Å². The average Bonchev–Trinajstić information content (AvgIpc) is 2.10. The molecule has 0 aliphatic carbocycles. The maximum atomic E-state index is 11.5. The van der Waals surface area contributed by atoms with Crippen molar-refractivity contribution in [2.24, 2.45) is 5.92 Å². The minimum absolute atomic E-state index is 0.0132. The molecule has 0 aliphatic rings. The smallest absolute Gasteiger partial charge is 0.225 e. The summed E-state index contributed by atoms with van der Waals surface area (Å²) >= 11 is 3.36. The van der Waals surface area contributed by atoms with Gasteiger partial charge < -0.3 is 5.32 Å². The molecule has 0 saturated heterocycles. The van der Waals surface area contributed by atoms with Crippen molar-refractivity contribution in [2.45, 2.75) is 27.2 Å². The quantitative estimate of drug-likeness (QED) is 0.917. The summed E-state index contributed by atoms with van der Waals surface area (Å²) in [5, 5.41) is 2.77. The number of carbonyl (C=O) groups is 1. The number of pyridine rings is 1. The predicted octanol–water partition coefficient (Wildman–Crippen LogP) is 3.14. The van der Waals surface area contributed by atoms with Gasteiger partial charge >= 0.3 is 0 Å². The Morgan fingerprint density at radius 1 is 1.60 bits per heavy atom. The van der Waals surface area contributed by atoms with E-state index in [2.05, 4.69) is 26.2 Å². The Bertz CT molecular complexity index is 364. The number of amides is 1. The Morgan fingerprint density at radius 2 is 2.27 bits per heavy atom. The lowest BCUT2D eigenvalue weighted by atomic mass is 10.1. The molecular weight excluding hydrogens is 256 g/mol. The van der Waals surface area contributed by atoms with E-state index in [-0.39, 0.29) is 5.91 Å². The molecule has 0 atom stereocenters. The first kappa shape index (κ1) is 12.2. The van der Waals surface area contributed by atoms with Crippen LogP contribution in [0.5, 0.6) is 0 Å². The molecule has 0 saturated carbocycles. The number of aromatic nitrogens is 1. The lowest BCUT2D eigenvalue weighted by Crippen LogP contribution is -2.14. The third kappa shape index (κ3) is 4.00. The van der Waals surface area contributed by atoms with Gasteiger partial charge in [0.1, 0.15) is 5.82 Å². The van der Waals surface area contributed by atoms with Gasteiger partial charge in [-0.3, -0.25) is 4.79 Å². The molecule has 82 valence electrons. The predicted molar refractivity (Wildman–Crippen MR) is 64.8 cm³/mol. The van der Waals surface area contributed by atoms with Crippen molar-refractivity contribution < 1.29 is 4.79 Å². The van der Waals surface area contributed by atoms with E-state index in [9.17, 15) is 4.79 Å². The van der Waals surface area contributed by atoms with E-state index in [0.717, 1.165) is 10.0 Å². The molecule has 0 bridgehead atoms. The second kappa shape index (κ2) is 5.26. The molecule has 0 aliphatic heterocycles. The van der Waals surface area contributed by atoms with Crippen molar-refractivity contribution in [1.29, 1.82) is 0 Å². The van der Waals surface area contributed by atoms with E-state index < -0.39 is 0 Å². The van der Waals surface area contributed by atoms with Gasteiger partial charge in [-0.1, -0.05) is 13.8 Å². The largest absolute Gasteiger partial charge is 0.311 e. The van der Waals surface area contributed by atoms with Gasteiger partial charge in [0.05, 0.1) is 0 Å². The zero-order valence-electron chi connectivity index (χ0n) is 9.17. The molecule has 3 nitrogen and oxygen atoms in total. The van der Waals surface area contributed by atoms with Crippen molar-refractivity contribution in [3.8, 4) is 0 Å². The summed E-state index contributed by atoms with van der Waals surface area (Å²) in [6.45, 7) is 5.99. The van der Waals surface area contributed by atoms with E-state index in [1.165, 1.54) is 0 Å². The molecule has 15 heavy (non-hydrogen) atoms. The zero-order valence-corrected chi connectivity index (χ0v) is 10.8. The SMILES string of the molecule is Cc1cc(NC(=O)CC(C)C)ncc1Br. The number of carbonyl (C=O) groups excluding carboxylic acids is 1. The van der Waals surface area contributed by atoms with Crippen LogP contribution in [0.3, 0.4) is 0 Å². The zero-order chi connectivity index (χ0) is 11.4. The van der Waals surface area contributed by atoms with Crippen LogP contribution < -0.4 is 5.32 Å². The monoisotopic (exact) mass is 270 g/mol. The van der Waals surface area contributed by atoms with Crippen molar-refractivity contribution in [2.75, 3.05) is 5.32 Å². The van der Waals surface area contributed by atoms with Gasteiger partial charge in [0.2, 0.25) is 5.91 Å². The molecule has 0 unspecified atom stereocenters. The van der Waals surface area contributed by atoms with Crippen LogP contribution in [0.25, 0.3) is 0 Å². The maximum absolute atomic E-state index is 11.5. The minimum Gasteiger partial charge on any atom is -0.311 e. The highest BCUT2D eigenvalue weighted by atomic mass is 79.9. The van der Waals surface area contributed by atoms with Gasteiger partial charge in [-0.05, 0) is 40.4 Å². The summed E-state index contributed by atoms with van der Waals surface area (Å²) in [7, 11) is 0. The number of halogens is 1. The number of aryl methyl sites for hydroxylation is 1. The Morgan fingerprint density at radius 3 is 2.80 bits per heavy atom. The van der Waals surface area contributed by atoms with Gasteiger partial charge in [-0.25, -0.2) is 4.98 Å². The van der Waals surface area contributed by atoms with Crippen molar-refractivity contribution in [1.82, 2.24) is 4.98 Å². The fourth-order valence-corrected chi connectivity index (χ4v) is 1.39. The standard InChI is InChI=1S/C11H15BrN2O/c1-7(2)4-11(15)14-10-5-8(3)9(12)6-13-10/h5-7H,4H2,1-3H3,(H,13,14,15). The van der Waals surface area contributed by atoms with Gasteiger partial charge in [0.25, 0.3) is 0 Å². The molecule has 1 aromatic heterocycles. The number of hydrogen-bond donors (Lipinski definition) is 1. The van der Waals surface area contributed by atoms with Gasteiger partial charge in [0, 0.05) is 17.1 Å². The van der Waals surface area contributed by atoms with Crippen molar-refractivity contribution >= 4 is 27.7 Å². The number of rotatable bonds is 3. The van der Waals surface area contributed by atoms with E-state index in [0.29, 0.717) is 18.2 Å². The molecule has 0 radical (unpaired) electrons. The Balaban J connectivity index is 2.65. The minimum atomic E-state index is 0.0132. The molecule has 4 heteroatoms. The van der Waals surface area contributed by atoms with Crippen LogP contribution in [0, 0.1) is 12.8 Å². The summed E-state index contributed by atoms with van der Waals surface area (Å²) in [6, 6.07) is 1.85. The Labute approximate surface area is 98.4 Å². The molecule has 1 rings (SSSR count). The van der Waals surface area contributed by atoms with E-state index in [1.54, 1.807) is 6.20 Å². The molecular formula is C11H15BrN2O. The van der Waals surface area contributed by atoms with Crippen LogP contribution in [-0.2, 0) is 4.79 Å². The maximum Gasteiger partial charge on any atom is 0.225 e. The topological polar surface area (TPSA) is 42.0 Å². The molecule has 0 fully saturated rings. The molecule has 0 spiro atoms. The van der Waals surface area contributed by atoms with Crippen LogP contribution in [-0.4, -0.2) is 10.9 Å². The molecule has 1 aromatic rings. The highest BCUT2D eigenvalue weighted by molar-refractivity contribution is 9.10. The lowest BCUT2D eigenvalue weighted by Gasteiger charge is -2.07. The summed E-state index contributed by atoms with van der Waals surface area (Å²) < 4.78 is 0.948. The van der Waals surface area contributed by atoms with E-state index >= 15 is 0 Å². The van der Waals surface area contributed by atoms with Gasteiger partial charge in [-0.2, -0.15) is 0 Å². The summed E-state index contributed by atoms with van der Waals surface area (Å²) in [5.74, 6) is 0.988. The molecule has 1 amide bonds. The van der Waals surface area contributed by atoms with Gasteiger partial charge in [-0.15, -0.1) is 0 Å². The molecule has 1 N–H and O–H groups in total. The van der Waals surface area contributed by atoms with E-state index in [1.807, 2.05) is 26.8 Å². The first-order chi connectivity index (χ1) is 6.99. The third-order valence-electron chi connectivity index (χ3n) is 1.91. The number of nitrogens with zero attached hydrogens (tertiary/aromatic N) is 1. The van der Waals surface area contributed by atoms with Crippen LogP contribution in [0.1, 0.15) is 25.8 Å². The summed E-state index contributed by atoms with van der Waals surface area (Å²) in [5.41, 5.74) is 1.06. The third-order valence-corrected chi connectivity index (χ3v) is 2.74. The number of nitrogens with one attached hydrogen (secondary N) is 1. The fraction of sp³-hybridized carbons (Fsp3) is 0.455. The molecule has 1 heterocycles. The van der Waals surface area contributed by atoms with Crippen molar-refractivity contribution in [3.05, 3.63) is 22.3 Å². The number of hydrogen-bond acceptors (Lipinski definition) is 2. The second-order valence-corrected chi connectivity index (χ2v) is 4.82. The fourth-order valence-electron chi connectivity index (χ4n) is 1.17. The highest BCUT2D eigenvalue weighted by Crippen LogP contribution is 2.17. The van der Waals surface area contributed by atoms with Crippen LogP contribution in [0.2, 0.25) is 0 Å². The first-order valence-electron chi connectivity index (χ1n) is 4.91. The van der Waals surface area contributed by atoms with Crippen LogP contribution in [0.15, 0.2) is 16.7 Å². The molecule has 0 aromatic carbocycles. The Kier molecular flexibility index (Phi) is 4.27. The van der Waals surface area contributed by atoms with E-state index in [4.69, 9.17) is 0 Å². The second-order valence-electron chi connectivity index (χ2n) is 3.96. The highest BCUT2D eigenvalue weighted by Gasteiger charge is 2.06. The normalized spacial score (nSPS) is 10.5. The van der Waals surface area contributed by atoms with Crippen LogP contribution >= 0.6 is 15.9 Å². The summed E-state index contributed by atoms with van der Waals surface area (Å²) in [4.78, 5) is 15.6. The Hall–Kier alpha value is -0.900. The number of anilines is 1. The van der Waals surface area contributed by atoms with Crippen molar-refractivity contribution in [3.63, 3.8) is 0 Å². The first-order valence-corrected chi connectivity index (χ1v) is 5.70.